The summed E-state index contributed by atoms with van der Waals surface area (Å²) < 4.78 is 36.3. The zero-order valence-electron chi connectivity index (χ0n) is 13.1. The highest BCUT2D eigenvalue weighted by molar-refractivity contribution is 14.0. The van der Waals surface area contributed by atoms with E-state index in [2.05, 4.69) is 15.6 Å². The maximum atomic E-state index is 13.5. The molecule has 1 heterocycles. The lowest BCUT2D eigenvalue weighted by molar-refractivity contribution is 0.566. The third kappa shape index (κ3) is 6.62. The lowest BCUT2D eigenvalue weighted by Crippen LogP contribution is -2.40. The Kier molecular flexibility index (Phi) is 8.24. The van der Waals surface area contributed by atoms with E-state index in [1.807, 2.05) is 6.07 Å². The number of rotatable bonds is 5. The third-order valence-corrected chi connectivity index (χ3v) is 5.59. The van der Waals surface area contributed by atoms with Gasteiger partial charge in [0.1, 0.15) is 5.82 Å². The van der Waals surface area contributed by atoms with Gasteiger partial charge in [-0.1, -0.05) is 18.2 Å². The van der Waals surface area contributed by atoms with Crippen molar-refractivity contribution < 1.29 is 12.8 Å². The minimum Gasteiger partial charge on any atom is -0.356 e. The van der Waals surface area contributed by atoms with E-state index in [1.165, 1.54) is 6.07 Å². The van der Waals surface area contributed by atoms with Gasteiger partial charge in [0.15, 0.2) is 15.8 Å². The lowest BCUT2D eigenvalue weighted by Gasteiger charge is -2.14. The van der Waals surface area contributed by atoms with Crippen molar-refractivity contribution >= 4 is 39.8 Å². The second kappa shape index (κ2) is 9.41. The summed E-state index contributed by atoms with van der Waals surface area (Å²) in [5.41, 5.74) is 0.660. The van der Waals surface area contributed by atoms with Crippen molar-refractivity contribution in [3.8, 4) is 0 Å². The Balaban J connectivity index is 0.00000264. The molecule has 2 rings (SSSR count). The molecule has 0 aliphatic carbocycles. The van der Waals surface area contributed by atoms with Crippen molar-refractivity contribution in [3.05, 3.63) is 35.6 Å². The van der Waals surface area contributed by atoms with E-state index in [4.69, 9.17) is 0 Å². The fraction of sp³-hybridized carbons (Fsp3) is 0.533. The molecule has 0 spiro atoms. The molecular formula is C15H23FIN3O2S. The predicted molar refractivity (Wildman–Crippen MR) is 102 cm³/mol. The van der Waals surface area contributed by atoms with Gasteiger partial charge in [0.25, 0.3) is 0 Å². The average Bonchev–Trinajstić information content (AvgIpc) is 2.84. The molecule has 0 aromatic heterocycles. The molecule has 1 aromatic rings. The topological polar surface area (TPSA) is 70.6 Å². The highest BCUT2D eigenvalue weighted by atomic mass is 127. The summed E-state index contributed by atoms with van der Waals surface area (Å²) in [7, 11) is -1.19. The lowest BCUT2D eigenvalue weighted by atomic mass is 10.1. The van der Waals surface area contributed by atoms with Gasteiger partial charge in [-0.3, -0.25) is 4.99 Å². The van der Waals surface area contributed by atoms with Crippen LogP contribution in [0.2, 0.25) is 0 Å². The molecule has 1 atom stereocenters. The summed E-state index contributed by atoms with van der Waals surface area (Å²) in [6.07, 6.45) is 1.26. The fourth-order valence-electron chi connectivity index (χ4n) is 2.51. The van der Waals surface area contributed by atoms with E-state index < -0.39 is 9.84 Å². The van der Waals surface area contributed by atoms with Crippen LogP contribution in [0.5, 0.6) is 0 Å². The monoisotopic (exact) mass is 455 g/mol. The Hall–Kier alpha value is -0.900. The van der Waals surface area contributed by atoms with Crippen LogP contribution >= 0.6 is 24.0 Å². The van der Waals surface area contributed by atoms with Crippen molar-refractivity contribution in [1.82, 2.24) is 10.6 Å². The van der Waals surface area contributed by atoms with E-state index in [-0.39, 0.29) is 47.2 Å². The van der Waals surface area contributed by atoms with Gasteiger partial charge in [0.05, 0.1) is 11.5 Å². The van der Waals surface area contributed by atoms with Crippen molar-refractivity contribution in [2.75, 3.05) is 31.6 Å². The Morgan fingerprint density at radius 3 is 2.70 bits per heavy atom. The Labute approximate surface area is 154 Å². The number of hydrogen-bond donors (Lipinski definition) is 2. The first kappa shape index (κ1) is 20.1. The van der Waals surface area contributed by atoms with Crippen LogP contribution < -0.4 is 10.6 Å². The molecule has 0 amide bonds. The summed E-state index contributed by atoms with van der Waals surface area (Å²) in [5.74, 6) is 1.06. The number of benzene rings is 1. The molecule has 8 heteroatoms. The molecule has 1 saturated heterocycles. The van der Waals surface area contributed by atoms with Gasteiger partial charge in [-0.2, -0.15) is 0 Å². The Bertz CT molecular complexity index is 637. The van der Waals surface area contributed by atoms with Crippen molar-refractivity contribution in [1.29, 1.82) is 0 Å². The zero-order valence-corrected chi connectivity index (χ0v) is 16.2. The van der Waals surface area contributed by atoms with E-state index in [9.17, 15) is 12.8 Å². The number of hydrogen-bond acceptors (Lipinski definition) is 3. The maximum Gasteiger partial charge on any atom is 0.190 e. The zero-order chi connectivity index (χ0) is 16.0. The fourth-order valence-corrected chi connectivity index (χ4v) is 4.37. The van der Waals surface area contributed by atoms with Gasteiger partial charge in [-0.25, -0.2) is 12.8 Å². The maximum absolute atomic E-state index is 13.5. The molecule has 1 aliphatic rings. The van der Waals surface area contributed by atoms with E-state index in [0.717, 1.165) is 0 Å². The molecule has 5 nitrogen and oxygen atoms in total. The first-order valence-electron chi connectivity index (χ1n) is 7.38. The number of aliphatic imine (C=N–C) groups is 1. The first-order valence-corrected chi connectivity index (χ1v) is 9.20. The largest absolute Gasteiger partial charge is 0.356 e. The van der Waals surface area contributed by atoms with Crippen LogP contribution in [-0.4, -0.2) is 46.0 Å². The number of nitrogens with one attached hydrogen (secondary N) is 2. The van der Waals surface area contributed by atoms with Crippen LogP contribution in [0.3, 0.4) is 0 Å². The van der Waals surface area contributed by atoms with Crippen molar-refractivity contribution in [2.24, 2.45) is 10.9 Å². The van der Waals surface area contributed by atoms with Gasteiger partial charge in [0, 0.05) is 20.1 Å². The highest BCUT2D eigenvalue weighted by Crippen LogP contribution is 2.17. The van der Waals surface area contributed by atoms with Crippen LogP contribution in [0, 0.1) is 11.7 Å². The van der Waals surface area contributed by atoms with Crippen LogP contribution in [0.15, 0.2) is 29.3 Å². The molecule has 130 valence electrons. The predicted octanol–water partition coefficient (Wildman–Crippen LogP) is 1.59. The molecule has 1 aliphatic heterocycles. The molecule has 1 unspecified atom stereocenters. The SMILES string of the molecule is CN=C(NCCc1ccccc1F)NCC1CCS(=O)(=O)C1.I. The van der Waals surface area contributed by atoms with Crippen LogP contribution in [0.1, 0.15) is 12.0 Å². The number of guanidine groups is 1. The van der Waals surface area contributed by atoms with Crippen molar-refractivity contribution in [2.45, 2.75) is 12.8 Å². The van der Waals surface area contributed by atoms with Crippen LogP contribution in [0.25, 0.3) is 0 Å². The van der Waals surface area contributed by atoms with E-state index >= 15 is 0 Å². The first-order chi connectivity index (χ1) is 10.5. The molecule has 2 N–H and O–H groups in total. The molecule has 1 aromatic carbocycles. The minimum absolute atomic E-state index is 0. The number of sulfone groups is 1. The molecule has 0 saturated carbocycles. The number of nitrogens with zero attached hydrogens (tertiary/aromatic N) is 1. The van der Waals surface area contributed by atoms with Gasteiger partial charge in [-0.15, -0.1) is 24.0 Å². The summed E-state index contributed by atoms with van der Waals surface area (Å²) in [4.78, 5) is 4.09. The highest BCUT2D eigenvalue weighted by Gasteiger charge is 2.27. The second-order valence-corrected chi connectivity index (χ2v) is 7.72. The number of halogens is 2. The summed E-state index contributed by atoms with van der Waals surface area (Å²) in [5, 5.41) is 6.24. The molecule has 23 heavy (non-hydrogen) atoms. The Morgan fingerprint density at radius 2 is 2.09 bits per heavy atom. The third-order valence-electron chi connectivity index (χ3n) is 3.75. The molecule has 0 bridgehead atoms. The molecular weight excluding hydrogens is 432 g/mol. The van der Waals surface area contributed by atoms with Gasteiger partial charge in [-0.05, 0) is 30.4 Å². The summed E-state index contributed by atoms with van der Waals surface area (Å²) >= 11 is 0. The minimum atomic E-state index is -2.85. The normalized spacial score (nSPS) is 19.9. The van der Waals surface area contributed by atoms with E-state index in [1.54, 1.807) is 19.2 Å². The van der Waals surface area contributed by atoms with E-state index in [0.29, 0.717) is 37.5 Å². The van der Waals surface area contributed by atoms with Gasteiger partial charge in [0.2, 0.25) is 0 Å². The standard InChI is InChI=1S/C15H22FN3O2S.HI/c1-17-15(19-10-12-7-9-22(20,21)11-12)18-8-6-13-4-2-3-5-14(13)16;/h2-5,12H,6-11H2,1H3,(H2,17,18,19);1H. The smallest absolute Gasteiger partial charge is 0.190 e. The van der Waals surface area contributed by atoms with Crippen molar-refractivity contribution in [3.63, 3.8) is 0 Å². The van der Waals surface area contributed by atoms with Gasteiger partial charge >= 0.3 is 0 Å². The van der Waals surface area contributed by atoms with Crippen LogP contribution in [-0.2, 0) is 16.3 Å². The average molecular weight is 455 g/mol. The molecule has 1 fully saturated rings. The van der Waals surface area contributed by atoms with Gasteiger partial charge < -0.3 is 10.6 Å². The quantitative estimate of drug-likeness (QED) is 0.402. The van der Waals surface area contributed by atoms with Crippen LogP contribution in [0.4, 0.5) is 4.39 Å². The summed E-state index contributed by atoms with van der Waals surface area (Å²) in [6.45, 7) is 1.14. The summed E-state index contributed by atoms with van der Waals surface area (Å²) in [6, 6.07) is 6.69. The molecule has 0 radical (unpaired) electrons. The second-order valence-electron chi connectivity index (χ2n) is 5.49. The Morgan fingerprint density at radius 1 is 1.35 bits per heavy atom.